The molecule has 0 bridgehead atoms. The fourth-order valence-corrected chi connectivity index (χ4v) is 2.80. The van der Waals surface area contributed by atoms with Crippen LogP contribution >= 0.6 is 0 Å². The van der Waals surface area contributed by atoms with Crippen LogP contribution in [0.1, 0.15) is 18.9 Å². The third-order valence-electron chi connectivity index (χ3n) is 3.71. The minimum atomic E-state index is -0.160. The molecule has 110 valence electrons. The summed E-state index contributed by atoms with van der Waals surface area (Å²) in [7, 11) is 4.09. The zero-order valence-corrected chi connectivity index (χ0v) is 12.6. The summed E-state index contributed by atoms with van der Waals surface area (Å²) in [5.41, 5.74) is 1.22. The topological polar surface area (TPSA) is 18.8 Å². The summed E-state index contributed by atoms with van der Waals surface area (Å²) in [6, 6.07) is 6.88. The molecule has 1 aromatic carbocycles. The average Bonchev–Trinajstić information content (AvgIpc) is 2.86. The van der Waals surface area contributed by atoms with Gasteiger partial charge in [-0.1, -0.05) is 12.1 Å². The highest BCUT2D eigenvalue weighted by Crippen LogP contribution is 2.21. The number of guanidine groups is 1. The number of rotatable bonds is 3. The molecule has 0 spiro atoms. The smallest absolute Gasteiger partial charge is 0.196 e. The molecule has 0 N–H and O–H groups in total. The van der Waals surface area contributed by atoms with E-state index in [0.29, 0.717) is 5.92 Å². The molecule has 1 fully saturated rings. The number of likely N-dealkylation sites (tertiary alicyclic amines) is 1. The molecular formula is C16H24FN3. The van der Waals surface area contributed by atoms with Crippen LogP contribution in [0.3, 0.4) is 0 Å². The molecule has 0 aliphatic carbocycles. The molecule has 0 amide bonds. The van der Waals surface area contributed by atoms with Crippen molar-refractivity contribution in [3.63, 3.8) is 0 Å². The number of hydrogen-bond donors (Lipinski definition) is 0. The van der Waals surface area contributed by atoms with Gasteiger partial charge in [0.1, 0.15) is 5.82 Å². The van der Waals surface area contributed by atoms with Gasteiger partial charge in [0.25, 0.3) is 0 Å². The van der Waals surface area contributed by atoms with Gasteiger partial charge in [0.05, 0.1) is 0 Å². The van der Waals surface area contributed by atoms with E-state index >= 15 is 0 Å². The lowest BCUT2D eigenvalue weighted by Crippen LogP contribution is -2.39. The lowest BCUT2D eigenvalue weighted by Gasteiger charge is -2.26. The monoisotopic (exact) mass is 277 g/mol. The first-order valence-corrected chi connectivity index (χ1v) is 7.31. The maximum absolute atomic E-state index is 12.9. The van der Waals surface area contributed by atoms with Crippen LogP contribution in [0.15, 0.2) is 29.3 Å². The molecule has 1 saturated heterocycles. The van der Waals surface area contributed by atoms with E-state index in [1.807, 2.05) is 26.2 Å². The summed E-state index contributed by atoms with van der Waals surface area (Å²) in [5.74, 6) is 1.54. The van der Waals surface area contributed by atoms with Gasteiger partial charge in [0, 0.05) is 33.7 Å². The van der Waals surface area contributed by atoms with Gasteiger partial charge < -0.3 is 9.80 Å². The molecule has 2 rings (SSSR count). The SMILES string of the molecule is CCN=C(N(C)C)N1CCC(Cc2ccc(F)cc2)C1. The normalized spacial score (nSPS) is 19.5. The Bertz CT molecular complexity index is 453. The standard InChI is InChI=1S/C16H24FN3/c1-4-18-16(19(2)3)20-10-9-14(12-20)11-13-5-7-15(17)8-6-13/h5-8,14H,4,9-12H2,1-3H3. The molecule has 0 aromatic heterocycles. The number of benzene rings is 1. The maximum atomic E-state index is 12.9. The van der Waals surface area contributed by atoms with Crippen molar-refractivity contribution in [1.82, 2.24) is 9.80 Å². The first-order chi connectivity index (χ1) is 9.60. The Hall–Kier alpha value is -1.58. The van der Waals surface area contributed by atoms with E-state index in [0.717, 1.165) is 32.0 Å². The highest BCUT2D eigenvalue weighted by atomic mass is 19.1. The number of halogens is 1. The summed E-state index contributed by atoms with van der Waals surface area (Å²) >= 11 is 0. The van der Waals surface area contributed by atoms with Crippen LogP contribution in [0.25, 0.3) is 0 Å². The zero-order chi connectivity index (χ0) is 14.5. The second-order valence-corrected chi connectivity index (χ2v) is 5.60. The quantitative estimate of drug-likeness (QED) is 0.625. The first kappa shape index (κ1) is 14.8. The van der Waals surface area contributed by atoms with E-state index in [1.165, 1.54) is 12.0 Å². The molecule has 0 saturated carbocycles. The highest BCUT2D eigenvalue weighted by molar-refractivity contribution is 5.79. The summed E-state index contributed by atoms with van der Waals surface area (Å²) in [6.07, 6.45) is 2.19. The lowest BCUT2D eigenvalue weighted by molar-refractivity contribution is 0.410. The van der Waals surface area contributed by atoms with Crippen LogP contribution in [-0.2, 0) is 6.42 Å². The number of aliphatic imine (C=N–C) groups is 1. The molecule has 1 unspecified atom stereocenters. The van der Waals surface area contributed by atoms with E-state index in [1.54, 1.807) is 12.1 Å². The fraction of sp³-hybridized carbons (Fsp3) is 0.562. The van der Waals surface area contributed by atoms with Crippen molar-refractivity contribution in [1.29, 1.82) is 0 Å². The minimum absolute atomic E-state index is 0.160. The van der Waals surface area contributed by atoms with E-state index in [4.69, 9.17) is 0 Å². The van der Waals surface area contributed by atoms with E-state index in [9.17, 15) is 4.39 Å². The van der Waals surface area contributed by atoms with Crippen molar-refractivity contribution in [3.05, 3.63) is 35.6 Å². The Kier molecular flexibility index (Phi) is 4.99. The lowest BCUT2D eigenvalue weighted by atomic mass is 9.99. The van der Waals surface area contributed by atoms with Crippen molar-refractivity contribution in [2.75, 3.05) is 33.7 Å². The number of nitrogens with zero attached hydrogens (tertiary/aromatic N) is 3. The van der Waals surface area contributed by atoms with E-state index < -0.39 is 0 Å². The highest BCUT2D eigenvalue weighted by Gasteiger charge is 2.25. The third kappa shape index (κ3) is 3.71. The van der Waals surface area contributed by atoms with Gasteiger partial charge in [-0.05, 0) is 43.4 Å². The van der Waals surface area contributed by atoms with Crippen LogP contribution in [-0.4, -0.2) is 49.5 Å². The Morgan fingerprint density at radius 1 is 1.35 bits per heavy atom. The molecule has 1 atom stereocenters. The summed E-state index contributed by atoms with van der Waals surface area (Å²) in [4.78, 5) is 9.02. The second kappa shape index (κ2) is 6.73. The molecule has 20 heavy (non-hydrogen) atoms. The molecule has 0 radical (unpaired) electrons. The van der Waals surface area contributed by atoms with Gasteiger partial charge in [0.15, 0.2) is 5.96 Å². The van der Waals surface area contributed by atoms with Gasteiger partial charge in [-0.2, -0.15) is 0 Å². The molecule has 1 aliphatic heterocycles. The zero-order valence-electron chi connectivity index (χ0n) is 12.6. The average molecular weight is 277 g/mol. The molecule has 1 aliphatic rings. The van der Waals surface area contributed by atoms with Crippen LogP contribution < -0.4 is 0 Å². The van der Waals surface area contributed by atoms with Crippen LogP contribution in [0.2, 0.25) is 0 Å². The molecule has 3 nitrogen and oxygen atoms in total. The van der Waals surface area contributed by atoms with Gasteiger partial charge >= 0.3 is 0 Å². The van der Waals surface area contributed by atoms with E-state index in [-0.39, 0.29) is 5.82 Å². The fourth-order valence-electron chi connectivity index (χ4n) is 2.80. The summed E-state index contributed by atoms with van der Waals surface area (Å²) in [5, 5.41) is 0. The van der Waals surface area contributed by atoms with Gasteiger partial charge in [-0.3, -0.25) is 4.99 Å². The van der Waals surface area contributed by atoms with Crippen molar-refractivity contribution in [3.8, 4) is 0 Å². The van der Waals surface area contributed by atoms with Crippen molar-refractivity contribution >= 4 is 5.96 Å². The first-order valence-electron chi connectivity index (χ1n) is 7.31. The van der Waals surface area contributed by atoms with Gasteiger partial charge in [-0.15, -0.1) is 0 Å². The summed E-state index contributed by atoms with van der Waals surface area (Å²) in [6.45, 7) is 4.97. The van der Waals surface area contributed by atoms with Crippen LogP contribution in [0.4, 0.5) is 4.39 Å². The van der Waals surface area contributed by atoms with Gasteiger partial charge in [-0.25, -0.2) is 4.39 Å². The molecule has 1 heterocycles. The van der Waals surface area contributed by atoms with Crippen LogP contribution in [0.5, 0.6) is 0 Å². The van der Waals surface area contributed by atoms with Crippen LogP contribution in [0, 0.1) is 11.7 Å². The Morgan fingerprint density at radius 2 is 2.05 bits per heavy atom. The minimum Gasteiger partial charge on any atom is -0.349 e. The van der Waals surface area contributed by atoms with Crippen molar-refractivity contribution in [2.45, 2.75) is 19.8 Å². The number of hydrogen-bond acceptors (Lipinski definition) is 1. The molecular weight excluding hydrogens is 253 g/mol. The largest absolute Gasteiger partial charge is 0.349 e. The molecule has 1 aromatic rings. The predicted octanol–water partition coefficient (Wildman–Crippen LogP) is 2.63. The Morgan fingerprint density at radius 3 is 2.65 bits per heavy atom. The predicted molar refractivity (Wildman–Crippen MR) is 81.4 cm³/mol. The van der Waals surface area contributed by atoms with Gasteiger partial charge in [0.2, 0.25) is 0 Å². The third-order valence-corrected chi connectivity index (χ3v) is 3.71. The second-order valence-electron chi connectivity index (χ2n) is 5.60. The maximum Gasteiger partial charge on any atom is 0.196 e. The summed E-state index contributed by atoms with van der Waals surface area (Å²) < 4.78 is 12.9. The Balaban J connectivity index is 1.95. The molecule has 4 heteroatoms. The van der Waals surface area contributed by atoms with E-state index in [2.05, 4.69) is 21.7 Å². The Labute approximate surface area is 121 Å². The van der Waals surface area contributed by atoms with Crippen molar-refractivity contribution in [2.24, 2.45) is 10.9 Å². The van der Waals surface area contributed by atoms with Crippen molar-refractivity contribution < 1.29 is 4.39 Å².